The fourth-order valence-corrected chi connectivity index (χ4v) is 4.10. The lowest BCUT2D eigenvalue weighted by molar-refractivity contribution is -0.294. The molecule has 5 atom stereocenters. The molecule has 0 unspecified atom stereocenters. The number of carbonyl (C=O) groups excluding carboxylic acids is 1. The molecule has 1 aliphatic rings. The summed E-state index contributed by atoms with van der Waals surface area (Å²) in [6.07, 6.45) is 7.30. The van der Waals surface area contributed by atoms with Crippen LogP contribution in [0.2, 0.25) is 0 Å². The van der Waals surface area contributed by atoms with Crippen LogP contribution < -0.4 is 0 Å². The molecule has 4 N–H and O–H groups in total. The van der Waals surface area contributed by atoms with Crippen LogP contribution in [0.1, 0.15) is 111 Å². The van der Waals surface area contributed by atoms with Crippen molar-refractivity contribution in [1.82, 2.24) is 0 Å². The van der Waals surface area contributed by atoms with Gasteiger partial charge in [-0.05, 0) is 33.6 Å². The van der Waals surface area contributed by atoms with E-state index in [1.165, 1.54) is 44.9 Å². The van der Waals surface area contributed by atoms with Gasteiger partial charge in [-0.25, -0.2) is 4.79 Å². The highest BCUT2D eigenvalue weighted by Crippen LogP contribution is 2.23. The molecule has 0 aromatic rings. The molecule has 9 heteroatoms. The van der Waals surface area contributed by atoms with Crippen molar-refractivity contribution in [2.45, 2.75) is 147 Å². The van der Waals surface area contributed by atoms with Gasteiger partial charge in [0.15, 0.2) is 12.4 Å². The Bertz CT molecular complexity index is 590. The molecule has 0 aliphatic carbocycles. The Morgan fingerprint density at radius 1 is 0.714 bits per heavy atom. The molecule has 0 bridgehead atoms. The summed E-state index contributed by atoms with van der Waals surface area (Å²) in [6.45, 7) is 5.96. The van der Waals surface area contributed by atoms with Crippen LogP contribution >= 0.6 is 0 Å². The number of rotatable bonds is 18. The lowest BCUT2D eigenvalue weighted by Gasteiger charge is -2.38. The molecule has 0 spiro atoms. The second-order valence-corrected chi connectivity index (χ2v) is 10.5. The van der Waals surface area contributed by atoms with Gasteiger partial charge in [0.2, 0.25) is 0 Å². The minimum atomic E-state index is -1.70. The normalized spacial score (nSPS) is 24.9. The molecule has 206 valence electrons. The summed E-state index contributed by atoms with van der Waals surface area (Å²) in [6, 6.07) is 0. The molecule has 1 fully saturated rings. The Morgan fingerprint density at radius 2 is 1.17 bits per heavy atom. The van der Waals surface area contributed by atoms with Gasteiger partial charge in [0.05, 0.1) is 0 Å². The van der Waals surface area contributed by atoms with Crippen LogP contribution in [0.15, 0.2) is 0 Å². The Morgan fingerprint density at radius 3 is 1.63 bits per heavy atom. The summed E-state index contributed by atoms with van der Waals surface area (Å²) in [5.74, 6) is -1.51. The van der Waals surface area contributed by atoms with Gasteiger partial charge in [0.25, 0.3) is 0 Å². The average Bonchev–Trinajstić information content (AvgIpc) is 2.77. The number of aliphatic hydroxyl groups excluding tert-OH is 3. The van der Waals surface area contributed by atoms with Gasteiger partial charge in [-0.2, -0.15) is 0 Å². The van der Waals surface area contributed by atoms with Crippen molar-refractivity contribution in [3.8, 4) is 0 Å². The summed E-state index contributed by atoms with van der Waals surface area (Å²) in [5.41, 5.74) is -0.396. The first-order valence-corrected chi connectivity index (χ1v) is 13.3. The second kappa shape index (κ2) is 17.2. The van der Waals surface area contributed by atoms with Crippen LogP contribution in [0.25, 0.3) is 0 Å². The van der Waals surface area contributed by atoms with Crippen molar-refractivity contribution < 1.29 is 44.2 Å². The third kappa shape index (κ3) is 14.2. The monoisotopic (exact) mass is 504 g/mol. The molecule has 1 saturated heterocycles. The molecule has 1 rings (SSSR count). The zero-order chi connectivity index (χ0) is 26.3. The number of hydrogen-bond acceptors (Lipinski definition) is 8. The summed E-state index contributed by atoms with van der Waals surface area (Å²) in [4.78, 5) is 22.7. The van der Waals surface area contributed by atoms with Crippen molar-refractivity contribution in [2.24, 2.45) is 0 Å². The first kappa shape index (κ1) is 31.8. The van der Waals surface area contributed by atoms with E-state index in [1.807, 2.05) is 20.8 Å². The van der Waals surface area contributed by atoms with E-state index in [9.17, 15) is 24.9 Å². The molecule has 0 aromatic carbocycles. The maximum Gasteiger partial charge on any atom is 0.335 e. The van der Waals surface area contributed by atoms with Gasteiger partial charge < -0.3 is 34.6 Å². The highest BCUT2D eigenvalue weighted by molar-refractivity contribution is 5.73. The molecule has 9 nitrogen and oxygen atoms in total. The lowest BCUT2D eigenvalue weighted by atomic mass is 9.99. The van der Waals surface area contributed by atoms with Crippen molar-refractivity contribution >= 4 is 11.9 Å². The van der Waals surface area contributed by atoms with Crippen LogP contribution in [-0.4, -0.2) is 75.3 Å². The third-order valence-electron chi connectivity index (χ3n) is 6.04. The Balaban J connectivity index is 1.90. The lowest BCUT2D eigenvalue weighted by Crippen LogP contribution is -2.60. The molecule has 1 aliphatic heterocycles. The average molecular weight is 505 g/mol. The number of hydrogen-bond donors (Lipinski definition) is 4. The van der Waals surface area contributed by atoms with Crippen molar-refractivity contribution in [3.63, 3.8) is 0 Å². The Labute approximate surface area is 210 Å². The van der Waals surface area contributed by atoms with Crippen molar-refractivity contribution in [2.75, 3.05) is 6.61 Å². The van der Waals surface area contributed by atoms with E-state index in [4.69, 9.17) is 19.3 Å². The highest BCUT2D eigenvalue weighted by Gasteiger charge is 2.47. The minimum absolute atomic E-state index is 0.100. The van der Waals surface area contributed by atoms with Gasteiger partial charge in [-0.3, -0.25) is 4.79 Å². The smallest absolute Gasteiger partial charge is 0.335 e. The summed E-state index contributed by atoms with van der Waals surface area (Å²) in [5, 5.41) is 38.4. The number of ether oxygens (including phenoxy) is 3. The van der Waals surface area contributed by atoms with Gasteiger partial charge >= 0.3 is 11.9 Å². The van der Waals surface area contributed by atoms with Crippen LogP contribution in [0.5, 0.6) is 0 Å². The first-order chi connectivity index (χ1) is 16.5. The predicted molar refractivity (Wildman–Crippen MR) is 131 cm³/mol. The quantitative estimate of drug-likeness (QED) is 0.162. The molecular formula is C26H48O9. The number of unbranched alkanes of at least 4 members (excludes halogenated alkanes) is 12. The molecular weight excluding hydrogens is 456 g/mol. The number of carbonyl (C=O) groups is 2. The Kier molecular flexibility index (Phi) is 15.6. The van der Waals surface area contributed by atoms with Gasteiger partial charge in [-0.1, -0.05) is 70.6 Å². The molecule has 0 saturated carbocycles. The topological polar surface area (TPSA) is 143 Å². The van der Waals surface area contributed by atoms with E-state index >= 15 is 0 Å². The maximum atomic E-state index is 11.6. The van der Waals surface area contributed by atoms with E-state index in [-0.39, 0.29) is 12.6 Å². The van der Waals surface area contributed by atoms with Gasteiger partial charge in [0.1, 0.15) is 23.9 Å². The maximum absolute atomic E-state index is 11.6. The van der Waals surface area contributed by atoms with Crippen LogP contribution in [0.3, 0.4) is 0 Å². The molecule has 0 amide bonds. The number of carboxylic acid groups (broad SMARTS) is 1. The Hall–Kier alpha value is -1.26. The number of esters is 1. The number of aliphatic carboxylic acids is 1. The predicted octanol–water partition coefficient (Wildman–Crippen LogP) is 3.70. The van der Waals surface area contributed by atoms with Gasteiger partial charge in [-0.15, -0.1) is 0 Å². The zero-order valence-electron chi connectivity index (χ0n) is 21.8. The summed E-state index contributed by atoms with van der Waals surface area (Å²) < 4.78 is 15.8. The summed E-state index contributed by atoms with van der Waals surface area (Å²) in [7, 11) is 0. The number of aliphatic hydroxyl groups is 3. The molecule has 35 heavy (non-hydrogen) atoms. The minimum Gasteiger partial charge on any atom is -0.479 e. The van der Waals surface area contributed by atoms with E-state index in [2.05, 4.69) is 0 Å². The van der Waals surface area contributed by atoms with Gasteiger partial charge in [0, 0.05) is 13.0 Å². The number of carboxylic acids is 1. The van der Waals surface area contributed by atoms with E-state index in [0.29, 0.717) is 6.42 Å². The van der Waals surface area contributed by atoms with Crippen molar-refractivity contribution in [3.05, 3.63) is 0 Å². The van der Waals surface area contributed by atoms with E-state index in [1.54, 1.807) is 0 Å². The second-order valence-electron chi connectivity index (χ2n) is 10.5. The molecule has 1 heterocycles. The van der Waals surface area contributed by atoms with E-state index in [0.717, 1.165) is 38.5 Å². The van der Waals surface area contributed by atoms with E-state index < -0.39 is 42.3 Å². The first-order valence-electron chi connectivity index (χ1n) is 13.3. The van der Waals surface area contributed by atoms with Crippen LogP contribution in [0.4, 0.5) is 0 Å². The van der Waals surface area contributed by atoms with Crippen molar-refractivity contribution in [1.29, 1.82) is 0 Å². The SMILES string of the molecule is CC(C)(C)OC(=O)CCCCCCCCCCCCCCCO[C@@H]1O[C@H](C(=O)O)[C@@H](O)[C@H](O)[C@H]1O. The molecule has 0 aromatic heterocycles. The van der Waals surface area contributed by atoms with Crippen LogP contribution in [0, 0.1) is 0 Å². The molecule has 0 radical (unpaired) electrons. The highest BCUT2D eigenvalue weighted by atomic mass is 16.7. The fraction of sp³-hybridized carbons (Fsp3) is 0.923. The standard InChI is InChI=1S/C26H48O9/c1-26(2,3)35-19(27)17-15-13-11-9-7-5-4-6-8-10-12-14-16-18-33-25-22(30)20(28)21(29)23(34-25)24(31)32/h20-23,25,28-30H,4-18H2,1-3H3,(H,31,32)/t20-,21-,22+,23-,25+/m0/s1. The van der Waals surface area contributed by atoms with Crippen LogP contribution in [-0.2, 0) is 23.8 Å². The summed E-state index contributed by atoms with van der Waals surface area (Å²) >= 11 is 0. The largest absolute Gasteiger partial charge is 0.479 e. The third-order valence-corrected chi connectivity index (χ3v) is 6.04. The fourth-order valence-electron chi connectivity index (χ4n) is 4.10. The zero-order valence-corrected chi connectivity index (χ0v) is 21.8.